The summed E-state index contributed by atoms with van der Waals surface area (Å²) in [4.78, 5) is 0. The van der Waals surface area contributed by atoms with Crippen molar-refractivity contribution in [2.75, 3.05) is 12.4 Å². The Hall–Kier alpha value is -2.09. The maximum atomic E-state index is 3.84. The summed E-state index contributed by atoms with van der Waals surface area (Å²) >= 11 is 0. The van der Waals surface area contributed by atoms with E-state index in [-0.39, 0.29) is 0 Å². The molecule has 0 bridgehead atoms. The predicted molar refractivity (Wildman–Crippen MR) is 73.2 cm³/mol. The van der Waals surface area contributed by atoms with Crippen molar-refractivity contribution in [2.45, 2.75) is 6.54 Å². The summed E-state index contributed by atoms with van der Waals surface area (Å²) < 4.78 is 1.85. The molecule has 0 aliphatic heterocycles. The first-order valence-corrected chi connectivity index (χ1v) is 5.68. The molecule has 0 radical (unpaired) electrons. The zero-order valence-corrected chi connectivity index (χ0v) is 10.1. The molecule has 0 heterocycles. The van der Waals surface area contributed by atoms with Crippen LogP contribution in [0.3, 0.4) is 0 Å². The van der Waals surface area contributed by atoms with Crippen molar-refractivity contribution in [3.63, 3.8) is 0 Å². The minimum atomic E-state index is 0.848. The molecule has 0 saturated heterocycles. The van der Waals surface area contributed by atoms with Crippen LogP contribution in [-0.4, -0.2) is 18.3 Å². The predicted octanol–water partition coefficient (Wildman–Crippen LogP) is 3.27. The first kappa shape index (κ1) is 11.4. The topological polar surface area (TPSA) is 15.0 Å². The molecular formula is C15H17N2+. The molecule has 0 aliphatic rings. The number of nitrogens with one attached hydrogen (secondary N) is 1. The molecule has 0 unspecified atom stereocenters. The average Bonchev–Trinajstić information content (AvgIpc) is 2.38. The number of nitrogens with zero attached hydrogens (tertiary/aromatic N) is 1. The van der Waals surface area contributed by atoms with Crippen LogP contribution in [0.2, 0.25) is 0 Å². The van der Waals surface area contributed by atoms with E-state index in [2.05, 4.69) is 60.6 Å². The molecule has 86 valence electrons. The van der Waals surface area contributed by atoms with Crippen LogP contribution in [0.1, 0.15) is 5.56 Å². The van der Waals surface area contributed by atoms with Gasteiger partial charge in [-0.2, -0.15) is 0 Å². The Balaban J connectivity index is 1.98. The second kappa shape index (κ2) is 5.30. The van der Waals surface area contributed by atoms with E-state index in [0.717, 1.165) is 17.9 Å². The number of rotatable bonds is 4. The summed E-state index contributed by atoms with van der Waals surface area (Å²) in [5.41, 5.74) is 3.51. The molecule has 0 saturated carbocycles. The van der Waals surface area contributed by atoms with Crippen LogP contribution in [0.15, 0.2) is 54.6 Å². The lowest BCUT2D eigenvalue weighted by atomic mass is 10.2. The third kappa shape index (κ3) is 3.18. The molecule has 0 amide bonds. The number of anilines is 1. The Morgan fingerprint density at radius 2 is 1.65 bits per heavy atom. The van der Waals surface area contributed by atoms with Gasteiger partial charge in [0.25, 0.3) is 0 Å². The normalized spacial score (nSPS) is 9.94. The molecule has 2 heteroatoms. The van der Waals surface area contributed by atoms with Gasteiger partial charge in [0, 0.05) is 24.4 Å². The van der Waals surface area contributed by atoms with Gasteiger partial charge in [-0.15, -0.1) is 0 Å². The molecule has 1 N–H and O–H groups in total. The third-order valence-electron chi connectivity index (χ3n) is 2.65. The fourth-order valence-corrected chi connectivity index (χ4v) is 1.63. The zero-order chi connectivity index (χ0) is 12.1. The van der Waals surface area contributed by atoms with Gasteiger partial charge in [-0.3, -0.25) is 0 Å². The molecule has 0 fully saturated rings. The highest BCUT2D eigenvalue weighted by molar-refractivity contribution is 5.49. The van der Waals surface area contributed by atoms with Crippen molar-refractivity contribution < 1.29 is 4.58 Å². The highest BCUT2D eigenvalue weighted by Crippen LogP contribution is 2.15. The van der Waals surface area contributed by atoms with Gasteiger partial charge >= 0.3 is 0 Å². The lowest BCUT2D eigenvalue weighted by molar-refractivity contribution is -0.394. The molecule has 0 spiro atoms. The van der Waals surface area contributed by atoms with Crippen molar-refractivity contribution in [2.24, 2.45) is 0 Å². The molecular weight excluding hydrogens is 208 g/mol. The standard InChI is InChI=1S/C15H17N2/c1-17(2)15-10-8-14(9-11-15)16-12-13-6-4-3-5-7-13/h3-11,16H,1,12H2,2H3/q+1. The summed E-state index contributed by atoms with van der Waals surface area (Å²) in [6.45, 7) is 4.69. The summed E-state index contributed by atoms with van der Waals surface area (Å²) in [5, 5.41) is 3.39. The van der Waals surface area contributed by atoms with Gasteiger partial charge in [-0.05, 0) is 17.7 Å². The van der Waals surface area contributed by atoms with Crippen LogP contribution in [-0.2, 0) is 6.54 Å². The molecule has 2 rings (SSSR count). The van der Waals surface area contributed by atoms with Crippen molar-refractivity contribution in [3.05, 3.63) is 60.2 Å². The summed E-state index contributed by atoms with van der Waals surface area (Å²) in [6, 6.07) is 18.6. The molecule has 0 aliphatic carbocycles. The SMILES string of the molecule is C=[N+](C)c1ccc(NCc2ccccc2)cc1. The summed E-state index contributed by atoms with van der Waals surface area (Å²) in [7, 11) is 1.94. The van der Waals surface area contributed by atoms with Crippen molar-refractivity contribution in [1.82, 2.24) is 0 Å². The van der Waals surface area contributed by atoms with Crippen LogP contribution in [0.5, 0.6) is 0 Å². The van der Waals surface area contributed by atoms with Crippen LogP contribution in [0.25, 0.3) is 0 Å². The van der Waals surface area contributed by atoms with Gasteiger partial charge in [0.15, 0.2) is 0 Å². The number of benzene rings is 2. The van der Waals surface area contributed by atoms with Crippen LogP contribution in [0.4, 0.5) is 11.4 Å². The lowest BCUT2D eigenvalue weighted by Gasteiger charge is -2.06. The second-order valence-corrected chi connectivity index (χ2v) is 4.08. The van der Waals surface area contributed by atoms with E-state index in [1.54, 1.807) is 0 Å². The van der Waals surface area contributed by atoms with Crippen molar-refractivity contribution >= 4 is 18.1 Å². The molecule has 2 aromatic carbocycles. The Morgan fingerprint density at radius 1 is 1.00 bits per heavy atom. The third-order valence-corrected chi connectivity index (χ3v) is 2.65. The van der Waals surface area contributed by atoms with Crippen LogP contribution in [0, 0.1) is 0 Å². The van der Waals surface area contributed by atoms with Crippen molar-refractivity contribution in [1.29, 1.82) is 0 Å². The van der Waals surface area contributed by atoms with E-state index >= 15 is 0 Å². The summed E-state index contributed by atoms with van der Waals surface area (Å²) in [5.74, 6) is 0. The van der Waals surface area contributed by atoms with Gasteiger partial charge in [0.2, 0.25) is 5.69 Å². The molecule has 17 heavy (non-hydrogen) atoms. The molecule has 2 aromatic rings. The zero-order valence-electron chi connectivity index (χ0n) is 10.1. The van der Waals surface area contributed by atoms with Gasteiger partial charge in [-0.1, -0.05) is 30.3 Å². The Kier molecular flexibility index (Phi) is 3.55. The van der Waals surface area contributed by atoms with E-state index < -0.39 is 0 Å². The van der Waals surface area contributed by atoms with Crippen molar-refractivity contribution in [3.8, 4) is 0 Å². The number of hydrogen-bond donors (Lipinski definition) is 1. The summed E-state index contributed by atoms with van der Waals surface area (Å²) in [6.07, 6.45) is 0. The number of hydrogen-bond acceptors (Lipinski definition) is 1. The molecule has 0 atom stereocenters. The second-order valence-electron chi connectivity index (χ2n) is 4.08. The first-order chi connectivity index (χ1) is 8.25. The lowest BCUT2D eigenvalue weighted by Crippen LogP contribution is -1.99. The first-order valence-electron chi connectivity index (χ1n) is 5.68. The smallest absolute Gasteiger partial charge is 0.204 e. The van der Waals surface area contributed by atoms with Crippen LogP contribution < -0.4 is 5.32 Å². The van der Waals surface area contributed by atoms with Crippen LogP contribution >= 0.6 is 0 Å². The van der Waals surface area contributed by atoms with E-state index in [0.29, 0.717) is 0 Å². The van der Waals surface area contributed by atoms with E-state index in [1.807, 2.05) is 17.7 Å². The minimum Gasteiger partial charge on any atom is -0.381 e. The van der Waals surface area contributed by atoms with Gasteiger partial charge in [0.1, 0.15) is 13.8 Å². The highest BCUT2D eigenvalue weighted by atomic mass is 14.9. The highest BCUT2D eigenvalue weighted by Gasteiger charge is 1.99. The van der Waals surface area contributed by atoms with Gasteiger partial charge in [-0.25, -0.2) is 4.58 Å². The van der Waals surface area contributed by atoms with E-state index in [4.69, 9.17) is 0 Å². The minimum absolute atomic E-state index is 0.848. The fourth-order valence-electron chi connectivity index (χ4n) is 1.63. The maximum absolute atomic E-state index is 3.84. The Bertz CT molecular complexity index is 486. The van der Waals surface area contributed by atoms with E-state index in [1.165, 1.54) is 5.56 Å². The largest absolute Gasteiger partial charge is 0.381 e. The monoisotopic (exact) mass is 225 g/mol. The fraction of sp³-hybridized carbons (Fsp3) is 0.133. The molecule has 0 aromatic heterocycles. The quantitative estimate of drug-likeness (QED) is 0.623. The van der Waals surface area contributed by atoms with E-state index in [9.17, 15) is 0 Å². The average molecular weight is 225 g/mol. The Morgan fingerprint density at radius 3 is 2.24 bits per heavy atom. The Labute approximate surface area is 102 Å². The maximum Gasteiger partial charge on any atom is 0.204 e. The van der Waals surface area contributed by atoms with Gasteiger partial charge in [0.05, 0.1) is 0 Å². The van der Waals surface area contributed by atoms with Gasteiger partial charge < -0.3 is 5.32 Å². The molecule has 2 nitrogen and oxygen atoms in total.